The third-order valence-corrected chi connectivity index (χ3v) is 5.87. The van der Waals surface area contributed by atoms with E-state index in [9.17, 15) is 32.3 Å². The highest BCUT2D eigenvalue weighted by Crippen LogP contribution is 2.43. The third-order valence-electron chi connectivity index (χ3n) is 5.87. The van der Waals surface area contributed by atoms with Gasteiger partial charge in [0.25, 0.3) is 0 Å². The fourth-order valence-corrected chi connectivity index (χ4v) is 4.21. The van der Waals surface area contributed by atoms with Crippen LogP contribution >= 0.6 is 0 Å². The minimum Gasteiger partial charge on any atom is -0.481 e. The number of methoxy groups -OCH3 is 1. The van der Waals surface area contributed by atoms with Crippen LogP contribution < -0.4 is 10.6 Å². The third kappa shape index (κ3) is 5.44. The number of hydrogen-bond acceptors (Lipinski definition) is 4. The maximum atomic E-state index is 14.3. The maximum Gasteiger partial charge on any atom is 0.416 e. The van der Waals surface area contributed by atoms with Crippen molar-refractivity contribution in [1.82, 2.24) is 0 Å². The van der Waals surface area contributed by atoms with Crippen LogP contribution in [0.4, 0.5) is 28.9 Å². The number of carboxylic acids is 1. The zero-order chi connectivity index (χ0) is 26.8. The summed E-state index contributed by atoms with van der Waals surface area (Å²) in [6.45, 7) is 0. The first-order valence-corrected chi connectivity index (χ1v) is 10.1. The smallest absolute Gasteiger partial charge is 0.416 e. The molecule has 10 heteroatoms. The normalized spacial score (nSPS) is 24.8. The molecule has 1 aliphatic carbocycles. The van der Waals surface area contributed by atoms with Crippen molar-refractivity contribution in [3.05, 3.63) is 59.4 Å². The molecule has 0 heterocycles. The molecule has 3 rings (SSSR count). The highest BCUT2D eigenvalue weighted by molar-refractivity contribution is 5.95. The van der Waals surface area contributed by atoms with Crippen LogP contribution in [-0.4, -0.2) is 37.2 Å². The molecule has 1 aliphatic rings. The van der Waals surface area contributed by atoms with Crippen molar-refractivity contribution in [1.29, 1.82) is 0 Å². The van der Waals surface area contributed by atoms with Gasteiger partial charge in [0.1, 0.15) is 5.82 Å². The lowest BCUT2D eigenvalue weighted by Gasteiger charge is -2.39. The molecule has 1 amide bonds. The predicted molar refractivity (Wildman–Crippen MR) is 113 cm³/mol. The van der Waals surface area contributed by atoms with Crippen LogP contribution in [0.5, 0.6) is 0 Å². The number of benzene rings is 2. The van der Waals surface area contributed by atoms with Gasteiger partial charge in [-0.15, -0.1) is 0 Å². The van der Waals surface area contributed by atoms with Crippen molar-refractivity contribution < 1.29 is 41.1 Å². The Labute approximate surface area is 192 Å². The molecule has 0 aromatic heterocycles. The number of anilines is 2. The number of ether oxygens (including phenoxy) is 1. The van der Waals surface area contributed by atoms with Crippen LogP contribution in [0.15, 0.2) is 42.5 Å². The molecule has 0 unspecified atom stereocenters. The minimum atomic E-state index is -4.79. The predicted octanol–water partition coefficient (Wildman–Crippen LogP) is 4.73. The SMILES string of the molecule is [2H]C([2H])([2H])O[C@@H]1C[C@H](c2ccc(NC)cc2)[C@@H](C(=O)O)[C@H](C(=O)Nc2ccc(C(F)(F)F)cc2F)C1. The number of carbonyl (C=O) groups excluding carboxylic acids is 1. The van der Waals surface area contributed by atoms with Gasteiger partial charge in [-0.3, -0.25) is 9.59 Å². The maximum absolute atomic E-state index is 14.3. The summed E-state index contributed by atoms with van der Waals surface area (Å²) >= 11 is 0. The number of alkyl halides is 3. The molecule has 2 aromatic carbocycles. The zero-order valence-corrected chi connectivity index (χ0v) is 17.4. The van der Waals surface area contributed by atoms with Gasteiger partial charge in [0, 0.05) is 25.7 Å². The van der Waals surface area contributed by atoms with E-state index in [1.807, 2.05) is 0 Å². The number of carbonyl (C=O) groups is 2. The van der Waals surface area contributed by atoms with Crippen LogP contribution in [-0.2, 0) is 20.5 Å². The molecule has 3 N–H and O–H groups in total. The van der Waals surface area contributed by atoms with Crippen molar-refractivity contribution in [2.24, 2.45) is 11.8 Å². The Bertz CT molecular complexity index is 1110. The summed E-state index contributed by atoms with van der Waals surface area (Å²) in [5.41, 5.74) is -0.552. The van der Waals surface area contributed by atoms with E-state index in [1.54, 1.807) is 31.3 Å². The van der Waals surface area contributed by atoms with Gasteiger partial charge in [-0.05, 0) is 48.7 Å². The second-order valence-electron chi connectivity index (χ2n) is 7.84. The number of aliphatic carboxylic acids is 1. The lowest BCUT2D eigenvalue weighted by molar-refractivity contribution is -0.151. The molecular weight excluding hydrogens is 444 g/mol. The molecule has 0 radical (unpaired) electrons. The average Bonchev–Trinajstić information content (AvgIpc) is 2.77. The minimum absolute atomic E-state index is 0.00726. The van der Waals surface area contributed by atoms with Gasteiger partial charge in [-0.1, -0.05) is 12.1 Å². The molecule has 1 saturated carbocycles. The molecule has 33 heavy (non-hydrogen) atoms. The van der Waals surface area contributed by atoms with Crippen LogP contribution in [0.1, 0.15) is 34.0 Å². The second-order valence-corrected chi connectivity index (χ2v) is 7.84. The van der Waals surface area contributed by atoms with Gasteiger partial charge in [0.15, 0.2) is 0 Å². The summed E-state index contributed by atoms with van der Waals surface area (Å²) in [4.78, 5) is 25.4. The highest BCUT2D eigenvalue weighted by Gasteiger charge is 2.46. The summed E-state index contributed by atoms with van der Waals surface area (Å²) in [5, 5.41) is 15.1. The highest BCUT2D eigenvalue weighted by atomic mass is 19.4. The second kappa shape index (κ2) is 9.78. The molecule has 0 spiro atoms. The molecule has 178 valence electrons. The van der Waals surface area contributed by atoms with Crippen LogP contribution in [0.25, 0.3) is 0 Å². The van der Waals surface area contributed by atoms with Crippen LogP contribution in [0.2, 0.25) is 0 Å². The topological polar surface area (TPSA) is 87.7 Å². The van der Waals surface area contributed by atoms with Gasteiger partial charge in [-0.2, -0.15) is 13.2 Å². The van der Waals surface area contributed by atoms with E-state index in [-0.39, 0.29) is 18.9 Å². The van der Waals surface area contributed by atoms with E-state index < -0.39 is 66.0 Å². The zero-order valence-electron chi connectivity index (χ0n) is 20.4. The van der Waals surface area contributed by atoms with Gasteiger partial charge < -0.3 is 20.5 Å². The molecule has 1 fully saturated rings. The van der Waals surface area contributed by atoms with E-state index in [4.69, 9.17) is 8.85 Å². The van der Waals surface area contributed by atoms with Crippen molar-refractivity contribution in [3.8, 4) is 0 Å². The molecule has 0 bridgehead atoms. The van der Waals surface area contributed by atoms with Gasteiger partial charge in [0.05, 0.1) is 33.3 Å². The first kappa shape index (κ1) is 20.5. The van der Waals surface area contributed by atoms with E-state index in [2.05, 4.69) is 10.6 Å². The number of halogens is 4. The lowest BCUT2D eigenvalue weighted by Crippen LogP contribution is -2.44. The quantitative estimate of drug-likeness (QED) is 0.530. The Balaban J connectivity index is 1.95. The van der Waals surface area contributed by atoms with Gasteiger partial charge >= 0.3 is 12.1 Å². The summed E-state index contributed by atoms with van der Waals surface area (Å²) < 4.78 is 80.3. The van der Waals surface area contributed by atoms with Crippen molar-refractivity contribution >= 4 is 23.3 Å². The Hall–Kier alpha value is -3.14. The monoisotopic (exact) mass is 471 g/mol. The first-order valence-electron chi connectivity index (χ1n) is 11.6. The standard InChI is InChI=1S/C23H24F4N2O4/c1-28-14-6-3-12(4-7-14)16-10-15(33-2)11-17(20(16)22(31)32)21(30)29-19-8-5-13(9-18(19)24)23(25,26)27/h3-9,15-17,20,28H,10-11H2,1-2H3,(H,29,30)(H,31,32)/t15-,16-,17-,20-/m1/s1/i2D3. The van der Waals surface area contributed by atoms with Crippen molar-refractivity contribution in [2.45, 2.75) is 31.0 Å². The number of rotatable bonds is 6. The summed E-state index contributed by atoms with van der Waals surface area (Å²) in [6.07, 6.45) is -6.13. The fourth-order valence-electron chi connectivity index (χ4n) is 4.21. The van der Waals surface area contributed by atoms with E-state index >= 15 is 0 Å². The van der Waals surface area contributed by atoms with Gasteiger partial charge in [-0.25, -0.2) is 4.39 Å². The lowest BCUT2D eigenvalue weighted by atomic mass is 9.68. The fraction of sp³-hybridized carbons (Fsp3) is 0.391. The molecular formula is C23H24F4N2O4. The van der Waals surface area contributed by atoms with Gasteiger partial charge in [0.2, 0.25) is 5.91 Å². The molecule has 6 nitrogen and oxygen atoms in total. The number of nitrogens with one attached hydrogen (secondary N) is 2. The van der Waals surface area contributed by atoms with E-state index in [0.717, 1.165) is 11.8 Å². The van der Waals surface area contributed by atoms with Crippen LogP contribution in [0.3, 0.4) is 0 Å². The number of amides is 1. The molecule has 4 atom stereocenters. The molecule has 0 saturated heterocycles. The number of carboxylic acid groups (broad SMARTS) is 1. The first-order chi connectivity index (χ1) is 16.7. The Morgan fingerprint density at radius 2 is 1.85 bits per heavy atom. The largest absolute Gasteiger partial charge is 0.481 e. The average molecular weight is 471 g/mol. The van der Waals surface area contributed by atoms with E-state index in [1.165, 1.54) is 0 Å². The van der Waals surface area contributed by atoms with Crippen LogP contribution in [0, 0.1) is 17.7 Å². The van der Waals surface area contributed by atoms with Crippen molar-refractivity contribution in [2.75, 3.05) is 24.7 Å². The molecule has 0 aliphatic heterocycles. The molecule has 2 aromatic rings. The summed E-state index contributed by atoms with van der Waals surface area (Å²) in [6, 6.07) is 8.21. The number of hydrogen-bond donors (Lipinski definition) is 3. The Kier molecular flexibility index (Phi) is 6.06. The summed E-state index contributed by atoms with van der Waals surface area (Å²) in [5.74, 6) is -7.19. The Morgan fingerprint density at radius 1 is 1.15 bits per heavy atom. The summed E-state index contributed by atoms with van der Waals surface area (Å²) in [7, 11) is -1.13. The Morgan fingerprint density at radius 3 is 2.39 bits per heavy atom. The van der Waals surface area contributed by atoms with E-state index in [0.29, 0.717) is 11.6 Å². The van der Waals surface area contributed by atoms with Crippen molar-refractivity contribution in [3.63, 3.8) is 0 Å².